The van der Waals surface area contributed by atoms with Crippen LogP contribution in [0, 0.1) is 0 Å². The summed E-state index contributed by atoms with van der Waals surface area (Å²) in [5.41, 5.74) is 1.24. The Morgan fingerprint density at radius 2 is 1.94 bits per heavy atom. The third-order valence-corrected chi connectivity index (χ3v) is 3.53. The molecule has 1 rings (SSSR count). The normalized spacial score (nSPS) is 12.9. The topological polar surface area (TPSA) is 43.7 Å². The van der Waals surface area contributed by atoms with Gasteiger partial charge in [0.25, 0.3) is 0 Å². The van der Waals surface area contributed by atoms with E-state index in [0.717, 1.165) is 19.5 Å². The molecule has 0 amide bonds. The van der Waals surface area contributed by atoms with Gasteiger partial charge in [0, 0.05) is 18.0 Å². The van der Waals surface area contributed by atoms with Crippen LogP contribution in [0.25, 0.3) is 0 Å². The predicted octanol–water partition coefficient (Wildman–Crippen LogP) is 1.97. The molecule has 0 aliphatic carbocycles. The molecular weight excluding hydrogens is 246 g/mol. The summed E-state index contributed by atoms with van der Waals surface area (Å²) in [4.78, 5) is 3.44. The standard InChI is InChI=1S/C14H23NO2S/c1-3-8-15(10-13(17)11-16)9-12-4-6-14(18-2)7-5-12/h4-7,13,16-17H,3,8-11H2,1-2H3/t13-/m0/s1. The monoisotopic (exact) mass is 269 g/mol. The maximum Gasteiger partial charge on any atom is 0.0897 e. The van der Waals surface area contributed by atoms with Crippen LogP contribution in [-0.4, -0.2) is 47.2 Å². The smallest absolute Gasteiger partial charge is 0.0897 e. The van der Waals surface area contributed by atoms with Gasteiger partial charge in [0.05, 0.1) is 12.7 Å². The van der Waals surface area contributed by atoms with Gasteiger partial charge in [-0.15, -0.1) is 11.8 Å². The fourth-order valence-electron chi connectivity index (χ4n) is 1.90. The zero-order valence-corrected chi connectivity index (χ0v) is 12.0. The highest BCUT2D eigenvalue weighted by Gasteiger charge is 2.10. The van der Waals surface area contributed by atoms with Crippen LogP contribution in [0.5, 0.6) is 0 Å². The van der Waals surface area contributed by atoms with Gasteiger partial charge in [-0.3, -0.25) is 4.90 Å². The van der Waals surface area contributed by atoms with Gasteiger partial charge in [0.15, 0.2) is 0 Å². The molecule has 0 aliphatic heterocycles. The van der Waals surface area contributed by atoms with E-state index in [0.29, 0.717) is 6.54 Å². The van der Waals surface area contributed by atoms with Crippen molar-refractivity contribution in [2.45, 2.75) is 30.9 Å². The Kier molecular flexibility index (Phi) is 7.35. The summed E-state index contributed by atoms with van der Waals surface area (Å²) < 4.78 is 0. The Morgan fingerprint density at radius 3 is 2.44 bits per heavy atom. The maximum absolute atomic E-state index is 9.52. The van der Waals surface area contributed by atoms with E-state index in [1.807, 2.05) is 0 Å². The Morgan fingerprint density at radius 1 is 1.28 bits per heavy atom. The fraction of sp³-hybridized carbons (Fsp3) is 0.571. The van der Waals surface area contributed by atoms with E-state index in [1.165, 1.54) is 10.5 Å². The van der Waals surface area contributed by atoms with Gasteiger partial charge in [0.2, 0.25) is 0 Å². The van der Waals surface area contributed by atoms with Crippen molar-refractivity contribution in [1.29, 1.82) is 0 Å². The van der Waals surface area contributed by atoms with E-state index in [9.17, 15) is 5.11 Å². The molecule has 0 fully saturated rings. The van der Waals surface area contributed by atoms with Crippen LogP contribution in [-0.2, 0) is 6.54 Å². The Balaban J connectivity index is 2.58. The van der Waals surface area contributed by atoms with Gasteiger partial charge >= 0.3 is 0 Å². The zero-order valence-electron chi connectivity index (χ0n) is 11.2. The molecule has 0 heterocycles. The molecule has 0 radical (unpaired) electrons. The lowest BCUT2D eigenvalue weighted by Gasteiger charge is -2.24. The lowest BCUT2D eigenvalue weighted by atomic mass is 10.2. The molecule has 0 aromatic heterocycles. The van der Waals surface area contributed by atoms with Crippen LogP contribution in [0.4, 0.5) is 0 Å². The lowest BCUT2D eigenvalue weighted by molar-refractivity contribution is 0.0567. The first-order chi connectivity index (χ1) is 8.69. The van der Waals surface area contributed by atoms with Gasteiger partial charge in [-0.25, -0.2) is 0 Å². The van der Waals surface area contributed by atoms with Crippen LogP contribution in [0.2, 0.25) is 0 Å². The molecule has 1 aromatic carbocycles. The van der Waals surface area contributed by atoms with Gasteiger partial charge in [0.1, 0.15) is 0 Å². The Labute approximate surface area is 114 Å². The van der Waals surface area contributed by atoms with E-state index in [4.69, 9.17) is 5.11 Å². The minimum atomic E-state index is -0.651. The van der Waals surface area contributed by atoms with Crippen molar-refractivity contribution in [3.63, 3.8) is 0 Å². The first kappa shape index (κ1) is 15.5. The van der Waals surface area contributed by atoms with Gasteiger partial charge in [-0.2, -0.15) is 0 Å². The van der Waals surface area contributed by atoms with Gasteiger partial charge in [-0.05, 0) is 36.9 Å². The molecule has 0 unspecified atom stereocenters. The largest absolute Gasteiger partial charge is 0.394 e. The quantitative estimate of drug-likeness (QED) is 0.708. The molecule has 1 atom stereocenters. The number of hydrogen-bond donors (Lipinski definition) is 2. The fourth-order valence-corrected chi connectivity index (χ4v) is 2.30. The average Bonchev–Trinajstić information content (AvgIpc) is 2.39. The molecule has 0 spiro atoms. The second kappa shape index (κ2) is 8.53. The summed E-state index contributed by atoms with van der Waals surface area (Å²) in [6.45, 7) is 4.22. The van der Waals surface area contributed by atoms with Gasteiger partial charge < -0.3 is 10.2 Å². The molecule has 0 bridgehead atoms. The summed E-state index contributed by atoms with van der Waals surface area (Å²) in [7, 11) is 0. The van der Waals surface area contributed by atoms with Crippen LogP contribution in [0.3, 0.4) is 0 Å². The number of aliphatic hydroxyl groups excluding tert-OH is 2. The first-order valence-electron chi connectivity index (χ1n) is 6.33. The number of hydrogen-bond acceptors (Lipinski definition) is 4. The molecule has 0 saturated heterocycles. The summed E-state index contributed by atoms with van der Waals surface area (Å²) in [6, 6.07) is 8.48. The minimum Gasteiger partial charge on any atom is -0.394 e. The summed E-state index contributed by atoms with van der Waals surface area (Å²) in [5.74, 6) is 0. The SMILES string of the molecule is CCCN(Cc1ccc(SC)cc1)C[C@H](O)CO. The molecule has 0 saturated carbocycles. The van der Waals surface area contributed by atoms with Crippen molar-refractivity contribution in [1.82, 2.24) is 4.90 Å². The third kappa shape index (κ3) is 5.40. The minimum absolute atomic E-state index is 0.175. The molecule has 0 aliphatic rings. The molecule has 4 heteroatoms. The van der Waals surface area contributed by atoms with Crippen LogP contribution in [0.15, 0.2) is 29.2 Å². The highest BCUT2D eigenvalue weighted by atomic mass is 32.2. The van der Waals surface area contributed by atoms with Crippen molar-refractivity contribution >= 4 is 11.8 Å². The zero-order chi connectivity index (χ0) is 13.4. The third-order valence-electron chi connectivity index (χ3n) is 2.78. The molecular formula is C14H23NO2S. The van der Waals surface area contributed by atoms with Crippen molar-refractivity contribution in [2.75, 3.05) is 26.0 Å². The summed E-state index contributed by atoms with van der Waals surface area (Å²) in [6.07, 6.45) is 2.46. The van der Waals surface area contributed by atoms with E-state index in [2.05, 4.69) is 42.3 Å². The van der Waals surface area contributed by atoms with Crippen molar-refractivity contribution in [2.24, 2.45) is 0 Å². The van der Waals surface area contributed by atoms with Crippen LogP contribution in [0.1, 0.15) is 18.9 Å². The number of benzene rings is 1. The predicted molar refractivity (Wildman–Crippen MR) is 76.9 cm³/mol. The number of thioether (sulfide) groups is 1. The Hall–Kier alpha value is -0.550. The first-order valence-corrected chi connectivity index (χ1v) is 7.56. The molecule has 18 heavy (non-hydrogen) atoms. The lowest BCUT2D eigenvalue weighted by Crippen LogP contribution is -2.34. The molecule has 1 aromatic rings. The maximum atomic E-state index is 9.52. The average molecular weight is 269 g/mol. The van der Waals surface area contributed by atoms with Crippen molar-refractivity contribution < 1.29 is 10.2 Å². The molecule has 2 N–H and O–H groups in total. The van der Waals surface area contributed by atoms with E-state index < -0.39 is 6.10 Å². The van der Waals surface area contributed by atoms with Crippen molar-refractivity contribution in [3.8, 4) is 0 Å². The van der Waals surface area contributed by atoms with E-state index in [-0.39, 0.29) is 6.61 Å². The summed E-state index contributed by atoms with van der Waals surface area (Å²) >= 11 is 1.73. The van der Waals surface area contributed by atoms with Crippen LogP contribution >= 0.6 is 11.8 Å². The highest BCUT2D eigenvalue weighted by molar-refractivity contribution is 7.98. The summed E-state index contributed by atoms with van der Waals surface area (Å²) in [5, 5.41) is 18.4. The van der Waals surface area contributed by atoms with E-state index >= 15 is 0 Å². The van der Waals surface area contributed by atoms with Crippen molar-refractivity contribution in [3.05, 3.63) is 29.8 Å². The Bertz CT molecular complexity index is 329. The molecule has 102 valence electrons. The van der Waals surface area contributed by atoms with E-state index in [1.54, 1.807) is 11.8 Å². The van der Waals surface area contributed by atoms with Gasteiger partial charge in [-0.1, -0.05) is 19.1 Å². The molecule has 3 nitrogen and oxygen atoms in total. The number of aliphatic hydroxyl groups is 2. The van der Waals surface area contributed by atoms with Crippen LogP contribution < -0.4 is 0 Å². The second-order valence-corrected chi connectivity index (χ2v) is 5.30. The second-order valence-electron chi connectivity index (χ2n) is 4.42. The number of rotatable bonds is 8. The highest BCUT2D eigenvalue weighted by Crippen LogP contribution is 2.16. The number of nitrogens with zero attached hydrogens (tertiary/aromatic N) is 1.